The molecule has 1 aliphatic heterocycles. The van der Waals surface area contributed by atoms with Gasteiger partial charge in [0.15, 0.2) is 0 Å². The molecule has 1 heterocycles. The maximum Gasteiger partial charge on any atom is 0.494 e. The van der Waals surface area contributed by atoms with E-state index in [4.69, 9.17) is 9.31 Å². The summed E-state index contributed by atoms with van der Waals surface area (Å²) in [6.07, 6.45) is 0. The molecule has 1 aliphatic rings. The summed E-state index contributed by atoms with van der Waals surface area (Å²) in [5.74, 6) is 0. The lowest BCUT2D eigenvalue weighted by Gasteiger charge is -2.32. The molecule has 1 saturated heterocycles. The van der Waals surface area contributed by atoms with Crippen molar-refractivity contribution in [3.8, 4) is 22.3 Å². The molecule has 208 valence electrons. The van der Waals surface area contributed by atoms with Gasteiger partial charge in [-0.1, -0.05) is 137 Å². The summed E-state index contributed by atoms with van der Waals surface area (Å²) in [5.41, 5.74) is 5.34. The van der Waals surface area contributed by atoms with Gasteiger partial charge in [-0.2, -0.15) is 0 Å². The molecule has 0 spiro atoms. The van der Waals surface area contributed by atoms with Gasteiger partial charge in [-0.25, -0.2) is 0 Å². The largest absolute Gasteiger partial charge is 0.494 e. The van der Waals surface area contributed by atoms with E-state index < -0.39 is 0 Å². The molecule has 2 nitrogen and oxygen atoms in total. The molecule has 42 heavy (non-hydrogen) atoms. The van der Waals surface area contributed by atoms with E-state index in [2.05, 4.69) is 165 Å². The molecule has 0 radical (unpaired) electrons. The molecule has 1 fully saturated rings. The fourth-order valence-corrected chi connectivity index (χ4v) is 5.91. The van der Waals surface area contributed by atoms with E-state index in [0.29, 0.717) is 0 Å². The Morgan fingerprint density at radius 1 is 0.500 bits per heavy atom. The van der Waals surface area contributed by atoms with Crippen LogP contribution >= 0.6 is 15.9 Å². The summed E-state index contributed by atoms with van der Waals surface area (Å²) in [6, 6.07) is 46.7. The third-order valence-corrected chi connectivity index (χ3v) is 8.86. The fraction of sp³-hybridized carbons (Fsp3) is 0.158. The predicted molar refractivity (Wildman–Crippen MR) is 182 cm³/mol. The van der Waals surface area contributed by atoms with Crippen LogP contribution in [0.15, 0.2) is 138 Å². The maximum absolute atomic E-state index is 6.27. The van der Waals surface area contributed by atoms with Crippen LogP contribution in [0.4, 0.5) is 0 Å². The van der Waals surface area contributed by atoms with Gasteiger partial charge in [-0.3, -0.25) is 0 Å². The number of fused-ring (bicyclic) bond motifs is 2. The van der Waals surface area contributed by atoms with E-state index in [0.717, 1.165) is 9.94 Å². The zero-order valence-electron chi connectivity index (χ0n) is 24.5. The minimum atomic E-state index is -0.350. The fourth-order valence-electron chi connectivity index (χ4n) is 5.44. The molecule has 6 aromatic carbocycles. The molecular formula is C38H34BBrO2. The molecule has 7 rings (SSSR count). The standard InChI is InChI=1S/C22H23BO2.C16H11Br/c1-21(2)22(3,4)25-23(24-21)18-14-17-12-8-9-13-19(17)20(15-18)16-10-6-5-7-11-16;17-14-10-13-8-4-5-9-15(13)16(11-14)12-6-2-1-3-7-12/h5-15H,1-4H3;1-11H. The van der Waals surface area contributed by atoms with Crippen LogP contribution in [-0.4, -0.2) is 18.3 Å². The molecule has 0 aliphatic carbocycles. The Morgan fingerprint density at radius 3 is 1.45 bits per heavy atom. The lowest BCUT2D eigenvalue weighted by molar-refractivity contribution is 0.00578. The third kappa shape index (κ3) is 5.67. The minimum Gasteiger partial charge on any atom is -0.399 e. The summed E-state index contributed by atoms with van der Waals surface area (Å²) in [6.45, 7) is 8.36. The van der Waals surface area contributed by atoms with Crippen molar-refractivity contribution in [2.24, 2.45) is 0 Å². The van der Waals surface area contributed by atoms with Crippen molar-refractivity contribution >= 4 is 50.1 Å². The zero-order chi connectivity index (χ0) is 29.3. The Hall–Kier alpha value is -3.70. The average Bonchev–Trinajstić information content (AvgIpc) is 3.23. The third-order valence-electron chi connectivity index (χ3n) is 8.41. The number of hydrogen-bond acceptors (Lipinski definition) is 2. The van der Waals surface area contributed by atoms with E-state index in [9.17, 15) is 0 Å². The van der Waals surface area contributed by atoms with Gasteiger partial charge in [-0.15, -0.1) is 0 Å². The van der Waals surface area contributed by atoms with Gasteiger partial charge in [-0.05, 0) is 89.1 Å². The highest BCUT2D eigenvalue weighted by Crippen LogP contribution is 2.37. The van der Waals surface area contributed by atoms with E-state index in [1.54, 1.807) is 0 Å². The van der Waals surface area contributed by atoms with Crippen LogP contribution in [-0.2, 0) is 9.31 Å². The molecular weight excluding hydrogens is 579 g/mol. The monoisotopic (exact) mass is 612 g/mol. The van der Waals surface area contributed by atoms with Crippen LogP contribution < -0.4 is 5.46 Å². The van der Waals surface area contributed by atoms with Crippen molar-refractivity contribution in [1.29, 1.82) is 0 Å². The van der Waals surface area contributed by atoms with Crippen molar-refractivity contribution in [2.45, 2.75) is 38.9 Å². The number of hydrogen-bond donors (Lipinski definition) is 0. The first kappa shape index (κ1) is 28.4. The Labute approximate surface area is 257 Å². The van der Waals surface area contributed by atoms with Gasteiger partial charge in [0.25, 0.3) is 0 Å². The molecule has 0 aromatic heterocycles. The van der Waals surface area contributed by atoms with Gasteiger partial charge >= 0.3 is 7.12 Å². The summed E-state index contributed by atoms with van der Waals surface area (Å²) in [5, 5.41) is 5.00. The predicted octanol–water partition coefficient (Wildman–Crippen LogP) is 10.1. The van der Waals surface area contributed by atoms with Crippen LogP contribution in [0.1, 0.15) is 27.7 Å². The van der Waals surface area contributed by atoms with Crippen LogP contribution in [0.3, 0.4) is 0 Å². The lowest BCUT2D eigenvalue weighted by Crippen LogP contribution is -2.41. The molecule has 0 unspecified atom stereocenters. The van der Waals surface area contributed by atoms with Crippen molar-refractivity contribution in [3.63, 3.8) is 0 Å². The van der Waals surface area contributed by atoms with Crippen molar-refractivity contribution in [1.82, 2.24) is 0 Å². The molecule has 0 atom stereocenters. The summed E-state index contributed by atoms with van der Waals surface area (Å²) in [7, 11) is -0.350. The van der Waals surface area contributed by atoms with Crippen LogP contribution in [0.25, 0.3) is 43.8 Å². The van der Waals surface area contributed by atoms with Crippen molar-refractivity contribution in [3.05, 3.63) is 138 Å². The van der Waals surface area contributed by atoms with Gasteiger partial charge in [0.2, 0.25) is 0 Å². The van der Waals surface area contributed by atoms with E-state index >= 15 is 0 Å². The van der Waals surface area contributed by atoms with Crippen LogP contribution in [0.2, 0.25) is 0 Å². The smallest absolute Gasteiger partial charge is 0.399 e. The van der Waals surface area contributed by atoms with E-state index in [-0.39, 0.29) is 18.3 Å². The average molecular weight is 613 g/mol. The van der Waals surface area contributed by atoms with Crippen LogP contribution in [0.5, 0.6) is 0 Å². The SMILES string of the molecule is Brc1cc(-c2ccccc2)c2ccccc2c1.CC1(C)OB(c2cc(-c3ccccc3)c3ccccc3c2)OC1(C)C. The second-order valence-electron chi connectivity index (χ2n) is 11.8. The molecule has 6 aromatic rings. The molecule has 0 bridgehead atoms. The van der Waals surface area contributed by atoms with Gasteiger partial charge < -0.3 is 9.31 Å². The van der Waals surface area contributed by atoms with Crippen molar-refractivity contribution in [2.75, 3.05) is 0 Å². The van der Waals surface area contributed by atoms with Crippen LogP contribution in [0, 0.1) is 0 Å². The highest BCUT2D eigenvalue weighted by atomic mass is 79.9. The summed E-state index contributed by atoms with van der Waals surface area (Å²) in [4.78, 5) is 0. The molecule has 0 N–H and O–H groups in total. The van der Waals surface area contributed by atoms with Gasteiger partial charge in [0.1, 0.15) is 0 Å². The first-order valence-electron chi connectivity index (χ1n) is 14.4. The normalized spacial score (nSPS) is 15.4. The molecule has 0 amide bonds. The second-order valence-corrected chi connectivity index (χ2v) is 12.7. The number of benzene rings is 6. The first-order valence-corrected chi connectivity index (χ1v) is 15.2. The Bertz CT molecular complexity index is 1830. The maximum atomic E-state index is 6.27. The topological polar surface area (TPSA) is 18.5 Å². The zero-order valence-corrected chi connectivity index (χ0v) is 26.1. The molecule has 0 saturated carbocycles. The Morgan fingerprint density at radius 2 is 0.929 bits per heavy atom. The first-order chi connectivity index (χ1) is 20.2. The highest BCUT2D eigenvalue weighted by molar-refractivity contribution is 9.10. The number of rotatable bonds is 3. The lowest BCUT2D eigenvalue weighted by atomic mass is 9.76. The molecule has 4 heteroatoms. The quantitative estimate of drug-likeness (QED) is 0.185. The minimum absolute atomic E-state index is 0.337. The van der Waals surface area contributed by atoms with Crippen molar-refractivity contribution < 1.29 is 9.31 Å². The second kappa shape index (κ2) is 11.5. The highest BCUT2D eigenvalue weighted by Gasteiger charge is 2.51. The van der Waals surface area contributed by atoms with Gasteiger partial charge in [0.05, 0.1) is 11.2 Å². The van der Waals surface area contributed by atoms with E-state index in [1.165, 1.54) is 43.8 Å². The summed E-state index contributed by atoms with van der Waals surface area (Å²) < 4.78 is 13.7. The summed E-state index contributed by atoms with van der Waals surface area (Å²) >= 11 is 3.58. The Balaban J connectivity index is 0.000000162. The Kier molecular flexibility index (Phi) is 7.80. The number of halogens is 1. The van der Waals surface area contributed by atoms with E-state index in [1.807, 2.05) is 12.1 Å². The van der Waals surface area contributed by atoms with Gasteiger partial charge in [0, 0.05) is 4.47 Å².